The Kier molecular flexibility index (Phi) is 4.15. The van der Waals surface area contributed by atoms with Crippen LogP contribution >= 0.6 is 11.3 Å². The smallest absolute Gasteiger partial charge is 0.275 e. The van der Waals surface area contributed by atoms with Gasteiger partial charge in [0.05, 0.1) is 23.6 Å². The fourth-order valence-corrected chi connectivity index (χ4v) is 4.64. The van der Waals surface area contributed by atoms with Crippen LogP contribution in [0.25, 0.3) is 32.6 Å². The molecule has 8 nitrogen and oxygen atoms in total. The van der Waals surface area contributed by atoms with E-state index in [2.05, 4.69) is 60.3 Å². The second kappa shape index (κ2) is 7.15. The molecule has 0 unspecified atom stereocenters. The summed E-state index contributed by atoms with van der Waals surface area (Å²) in [5, 5.41) is 23.7. The third-order valence-corrected chi connectivity index (χ3v) is 6.35. The monoisotopic (exact) mass is 427 g/mol. The van der Waals surface area contributed by atoms with Crippen molar-refractivity contribution in [2.75, 3.05) is 5.32 Å². The van der Waals surface area contributed by atoms with E-state index in [0.717, 1.165) is 45.7 Å². The van der Waals surface area contributed by atoms with E-state index in [-0.39, 0.29) is 5.91 Å². The molecule has 152 valence electrons. The second-order valence-corrected chi connectivity index (χ2v) is 8.28. The van der Waals surface area contributed by atoms with Gasteiger partial charge in [-0.3, -0.25) is 15.0 Å². The van der Waals surface area contributed by atoms with E-state index in [0.29, 0.717) is 11.4 Å². The van der Waals surface area contributed by atoms with Gasteiger partial charge >= 0.3 is 0 Å². The minimum atomic E-state index is -0.256. The number of H-pyrrole nitrogens is 2. The average molecular weight is 427 g/mol. The van der Waals surface area contributed by atoms with Gasteiger partial charge in [-0.05, 0) is 34.9 Å². The van der Waals surface area contributed by atoms with Crippen molar-refractivity contribution in [1.29, 1.82) is 0 Å². The lowest BCUT2D eigenvalue weighted by molar-refractivity contribution is 0.102. The third-order valence-electron chi connectivity index (χ3n) is 5.46. The molecule has 0 aliphatic carbocycles. The van der Waals surface area contributed by atoms with E-state index in [1.54, 1.807) is 24.0 Å². The van der Waals surface area contributed by atoms with Crippen molar-refractivity contribution in [3.05, 3.63) is 71.1 Å². The Morgan fingerprint density at radius 3 is 2.87 bits per heavy atom. The highest BCUT2D eigenvalue weighted by molar-refractivity contribution is 7.13. The number of thiazole rings is 1. The maximum absolute atomic E-state index is 13.0. The first-order chi connectivity index (χ1) is 15.2. The van der Waals surface area contributed by atoms with E-state index in [1.165, 1.54) is 22.5 Å². The zero-order chi connectivity index (χ0) is 20.8. The molecule has 5 aromatic rings. The summed E-state index contributed by atoms with van der Waals surface area (Å²) in [6.07, 6.45) is 5.23. The van der Waals surface area contributed by atoms with Crippen molar-refractivity contribution in [2.45, 2.75) is 13.1 Å². The normalized spacial score (nSPS) is 12.9. The van der Waals surface area contributed by atoms with Gasteiger partial charge in [-0.1, -0.05) is 12.1 Å². The lowest BCUT2D eigenvalue weighted by atomic mass is 9.98. The summed E-state index contributed by atoms with van der Waals surface area (Å²) in [6.45, 7) is 1.75. The van der Waals surface area contributed by atoms with E-state index in [4.69, 9.17) is 0 Å². The van der Waals surface area contributed by atoms with Gasteiger partial charge in [0.1, 0.15) is 10.7 Å². The quantitative estimate of drug-likeness (QED) is 0.347. The van der Waals surface area contributed by atoms with Crippen LogP contribution < -0.4 is 10.6 Å². The van der Waals surface area contributed by atoms with Crippen LogP contribution in [-0.4, -0.2) is 31.3 Å². The number of anilines is 1. The number of fused-ring (bicyclic) bond motifs is 2. The van der Waals surface area contributed by atoms with Crippen molar-refractivity contribution < 1.29 is 4.79 Å². The summed E-state index contributed by atoms with van der Waals surface area (Å²) in [7, 11) is 0. The maximum atomic E-state index is 13.0. The van der Waals surface area contributed by atoms with Crippen LogP contribution in [0.3, 0.4) is 0 Å². The molecule has 6 rings (SSSR count). The number of nitrogens with one attached hydrogen (secondary N) is 4. The lowest BCUT2D eigenvalue weighted by Gasteiger charge is -2.12. The highest BCUT2D eigenvalue weighted by Gasteiger charge is 2.18. The van der Waals surface area contributed by atoms with Gasteiger partial charge < -0.3 is 10.6 Å². The molecule has 0 saturated carbocycles. The van der Waals surface area contributed by atoms with E-state index >= 15 is 0 Å². The number of nitrogens with zero attached hydrogens (tertiary/aromatic N) is 3. The first-order valence-corrected chi connectivity index (χ1v) is 10.7. The SMILES string of the molecule is O=C(Nc1cc2[nH]ncc2cc1-c1ccc2c(c1)CNC2)c1csc(-c2cn[nH]c2)n1. The Bertz CT molecular complexity index is 1420. The zero-order valence-electron chi connectivity index (χ0n) is 16.3. The number of amides is 1. The molecule has 0 atom stereocenters. The number of aromatic nitrogens is 5. The second-order valence-electron chi connectivity index (χ2n) is 7.42. The van der Waals surface area contributed by atoms with E-state index < -0.39 is 0 Å². The Morgan fingerprint density at radius 2 is 1.97 bits per heavy atom. The Morgan fingerprint density at radius 1 is 1.03 bits per heavy atom. The summed E-state index contributed by atoms with van der Waals surface area (Å²) in [6, 6.07) is 10.4. The molecule has 4 heterocycles. The molecule has 9 heteroatoms. The molecule has 4 N–H and O–H groups in total. The highest BCUT2D eigenvalue weighted by Crippen LogP contribution is 2.34. The van der Waals surface area contributed by atoms with Crippen molar-refractivity contribution in [1.82, 2.24) is 30.7 Å². The lowest BCUT2D eigenvalue weighted by Crippen LogP contribution is -2.13. The van der Waals surface area contributed by atoms with Crippen molar-refractivity contribution in [3.8, 4) is 21.7 Å². The Balaban J connectivity index is 1.38. The number of hydrogen-bond acceptors (Lipinski definition) is 6. The summed E-state index contributed by atoms with van der Waals surface area (Å²) in [5.74, 6) is -0.256. The molecular weight excluding hydrogens is 410 g/mol. The van der Waals surface area contributed by atoms with Crippen molar-refractivity contribution in [3.63, 3.8) is 0 Å². The van der Waals surface area contributed by atoms with E-state index in [9.17, 15) is 4.79 Å². The maximum Gasteiger partial charge on any atom is 0.275 e. The largest absolute Gasteiger partial charge is 0.320 e. The standard InChI is InChI=1S/C22H17N7OS/c30-21(20-11-31-22(28-20)16-9-24-25-10-16)27-19-5-18-15(8-26-29-18)4-17(19)12-1-2-13-6-23-7-14(13)3-12/h1-5,8-11,23H,6-7H2,(H,24,25)(H,26,29)(H,27,30). The van der Waals surface area contributed by atoms with Crippen LogP contribution in [0.15, 0.2) is 54.3 Å². The van der Waals surface area contributed by atoms with Crippen molar-refractivity contribution in [2.24, 2.45) is 0 Å². The van der Waals surface area contributed by atoms with Gasteiger partial charge in [0.2, 0.25) is 0 Å². The number of carbonyl (C=O) groups is 1. The summed E-state index contributed by atoms with van der Waals surface area (Å²) in [5.41, 5.74) is 7.40. The molecule has 0 radical (unpaired) electrons. The number of hydrogen-bond donors (Lipinski definition) is 4. The molecule has 1 aliphatic rings. The molecule has 3 aromatic heterocycles. The first kappa shape index (κ1) is 18.0. The van der Waals surface area contributed by atoms with Crippen LogP contribution in [0.5, 0.6) is 0 Å². The van der Waals surface area contributed by atoms with Crippen LogP contribution in [0, 0.1) is 0 Å². The minimum Gasteiger partial charge on any atom is -0.320 e. The van der Waals surface area contributed by atoms with Gasteiger partial charge in [0.25, 0.3) is 5.91 Å². The minimum absolute atomic E-state index is 0.256. The topological polar surface area (TPSA) is 111 Å². The van der Waals surface area contributed by atoms with Crippen LogP contribution in [0.4, 0.5) is 5.69 Å². The number of aromatic amines is 2. The third kappa shape index (κ3) is 3.20. The number of benzene rings is 2. The Hall–Kier alpha value is -3.82. The number of carbonyl (C=O) groups excluding carboxylic acids is 1. The first-order valence-electron chi connectivity index (χ1n) is 9.81. The van der Waals surface area contributed by atoms with Crippen molar-refractivity contribution >= 4 is 33.8 Å². The molecule has 1 aliphatic heterocycles. The molecule has 31 heavy (non-hydrogen) atoms. The van der Waals surface area contributed by atoms with Gasteiger partial charge in [0.15, 0.2) is 0 Å². The molecule has 0 spiro atoms. The van der Waals surface area contributed by atoms with Gasteiger partial charge in [-0.15, -0.1) is 11.3 Å². The molecule has 0 bridgehead atoms. The Labute approximate surface area is 180 Å². The molecule has 0 fully saturated rings. The predicted molar refractivity (Wildman–Crippen MR) is 120 cm³/mol. The average Bonchev–Trinajstić information content (AvgIpc) is 3.59. The molecule has 0 saturated heterocycles. The van der Waals surface area contributed by atoms with Gasteiger partial charge in [0, 0.05) is 41.2 Å². The van der Waals surface area contributed by atoms with Crippen LogP contribution in [0.1, 0.15) is 21.6 Å². The molecule has 2 aromatic carbocycles. The zero-order valence-corrected chi connectivity index (χ0v) is 17.1. The van der Waals surface area contributed by atoms with Gasteiger partial charge in [-0.25, -0.2) is 4.98 Å². The van der Waals surface area contributed by atoms with Crippen LogP contribution in [0.2, 0.25) is 0 Å². The number of rotatable bonds is 4. The van der Waals surface area contributed by atoms with Gasteiger partial charge in [-0.2, -0.15) is 10.2 Å². The summed E-state index contributed by atoms with van der Waals surface area (Å²) in [4.78, 5) is 17.5. The highest BCUT2D eigenvalue weighted by atomic mass is 32.1. The molecule has 1 amide bonds. The van der Waals surface area contributed by atoms with Crippen LogP contribution in [-0.2, 0) is 13.1 Å². The fraction of sp³-hybridized carbons (Fsp3) is 0.0909. The summed E-state index contributed by atoms with van der Waals surface area (Å²) < 4.78 is 0. The molecular formula is C22H17N7OS. The fourth-order valence-electron chi connectivity index (χ4n) is 3.86. The van der Waals surface area contributed by atoms with E-state index in [1.807, 2.05) is 6.07 Å². The summed E-state index contributed by atoms with van der Waals surface area (Å²) >= 11 is 1.41. The predicted octanol–water partition coefficient (Wildman–Crippen LogP) is 3.93.